The molecule has 0 N–H and O–H groups in total. The Hall–Kier alpha value is -0.410. The van der Waals surface area contributed by atoms with Crippen molar-refractivity contribution in [2.24, 2.45) is 11.8 Å². The molecule has 3 nitrogen and oxygen atoms in total. The van der Waals surface area contributed by atoms with Gasteiger partial charge in [-0.2, -0.15) is 0 Å². The third kappa shape index (κ3) is 3.52. The zero-order chi connectivity index (χ0) is 12.9. The summed E-state index contributed by atoms with van der Waals surface area (Å²) in [4.78, 5) is 12.5. The van der Waals surface area contributed by atoms with Crippen LogP contribution >= 0.6 is 0 Å². The van der Waals surface area contributed by atoms with Crippen molar-refractivity contribution in [2.45, 2.75) is 51.6 Å². The summed E-state index contributed by atoms with van der Waals surface area (Å²) >= 11 is 0. The fraction of sp³-hybridized carbons (Fsp3) is 0.929. The summed E-state index contributed by atoms with van der Waals surface area (Å²) in [5.74, 6) is 0.881. The van der Waals surface area contributed by atoms with E-state index in [4.69, 9.17) is 9.47 Å². The number of rotatable bonds is 6. The van der Waals surface area contributed by atoms with Gasteiger partial charge < -0.3 is 9.47 Å². The molecule has 0 aromatic carbocycles. The van der Waals surface area contributed by atoms with Crippen LogP contribution in [0.5, 0.6) is 0 Å². The second-order valence-corrected chi connectivity index (χ2v) is 5.45. The molecule has 3 unspecified atom stereocenters. The average molecular weight is 242 g/mol. The molecule has 1 fully saturated rings. The number of hydrogen-bond acceptors (Lipinski definition) is 3. The molecule has 0 saturated heterocycles. The lowest BCUT2D eigenvalue weighted by Crippen LogP contribution is -2.47. The van der Waals surface area contributed by atoms with Crippen LogP contribution in [0.25, 0.3) is 0 Å². The van der Waals surface area contributed by atoms with Crippen LogP contribution in [0.1, 0.15) is 46.0 Å². The minimum Gasteiger partial charge on any atom is -0.385 e. The Morgan fingerprint density at radius 1 is 1.47 bits per heavy atom. The smallest absolute Gasteiger partial charge is 0.167 e. The highest BCUT2D eigenvalue weighted by molar-refractivity contribution is 5.89. The van der Waals surface area contributed by atoms with E-state index in [1.54, 1.807) is 14.2 Å². The quantitative estimate of drug-likeness (QED) is 0.718. The Balaban J connectivity index is 2.67. The number of ether oxygens (including phenoxy) is 2. The molecule has 3 heteroatoms. The zero-order valence-corrected chi connectivity index (χ0v) is 11.6. The molecule has 0 aromatic rings. The molecule has 1 saturated carbocycles. The van der Waals surface area contributed by atoms with Crippen LogP contribution in [0.4, 0.5) is 0 Å². The van der Waals surface area contributed by atoms with Gasteiger partial charge in [-0.25, -0.2) is 0 Å². The van der Waals surface area contributed by atoms with Crippen molar-refractivity contribution in [3.63, 3.8) is 0 Å². The molecule has 100 valence electrons. The predicted octanol–water partition coefficient (Wildman–Crippen LogP) is 2.82. The maximum atomic E-state index is 12.5. The number of hydrogen-bond donors (Lipinski definition) is 0. The Kier molecular flexibility index (Phi) is 5.60. The van der Waals surface area contributed by atoms with Gasteiger partial charge in [-0.15, -0.1) is 0 Å². The largest absolute Gasteiger partial charge is 0.385 e. The lowest BCUT2D eigenvalue weighted by molar-refractivity contribution is -0.151. The monoisotopic (exact) mass is 242 g/mol. The number of ketones is 1. The first-order valence-electron chi connectivity index (χ1n) is 6.64. The molecule has 1 rings (SSSR count). The third-order valence-electron chi connectivity index (χ3n) is 4.00. The maximum Gasteiger partial charge on any atom is 0.167 e. The van der Waals surface area contributed by atoms with Crippen LogP contribution in [-0.2, 0) is 14.3 Å². The maximum absolute atomic E-state index is 12.5. The summed E-state index contributed by atoms with van der Waals surface area (Å²) in [7, 11) is 3.35. The molecule has 0 bridgehead atoms. The first kappa shape index (κ1) is 14.7. The number of methoxy groups -OCH3 is 2. The Morgan fingerprint density at radius 3 is 2.71 bits per heavy atom. The molecule has 17 heavy (non-hydrogen) atoms. The molecule has 0 aliphatic heterocycles. The van der Waals surface area contributed by atoms with E-state index in [0.717, 1.165) is 25.7 Å². The first-order chi connectivity index (χ1) is 8.05. The predicted molar refractivity (Wildman–Crippen MR) is 68.0 cm³/mol. The topological polar surface area (TPSA) is 35.5 Å². The van der Waals surface area contributed by atoms with E-state index in [1.807, 2.05) is 6.92 Å². The van der Waals surface area contributed by atoms with Crippen LogP contribution in [0, 0.1) is 11.8 Å². The average Bonchev–Trinajstić information content (AvgIpc) is 2.34. The van der Waals surface area contributed by atoms with Crippen molar-refractivity contribution >= 4 is 5.78 Å². The van der Waals surface area contributed by atoms with Crippen molar-refractivity contribution in [3.05, 3.63) is 0 Å². The van der Waals surface area contributed by atoms with Crippen LogP contribution < -0.4 is 0 Å². The van der Waals surface area contributed by atoms with Gasteiger partial charge in [0, 0.05) is 26.7 Å². The van der Waals surface area contributed by atoms with E-state index in [1.165, 1.54) is 6.42 Å². The lowest BCUT2D eigenvalue weighted by atomic mass is 9.73. The van der Waals surface area contributed by atoms with Crippen molar-refractivity contribution in [2.75, 3.05) is 20.8 Å². The standard InChI is InChI=1S/C14H26O3/c1-11-6-5-8-14(10-11,17-4)13(15)12(2)7-9-16-3/h11-12H,5-10H2,1-4H3. The summed E-state index contributed by atoms with van der Waals surface area (Å²) in [6.45, 7) is 4.84. The van der Waals surface area contributed by atoms with E-state index in [-0.39, 0.29) is 11.7 Å². The van der Waals surface area contributed by atoms with Gasteiger partial charge in [0.15, 0.2) is 5.78 Å². The van der Waals surface area contributed by atoms with Gasteiger partial charge in [0.25, 0.3) is 0 Å². The zero-order valence-electron chi connectivity index (χ0n) is 11.6. The minimum absolute atomic E-state index is 0.0280. The summed E-state index contributed by atoms with van der Waals surface area (Å²) in [6.07, 6.45) is 4.85. The van der Waals surface area contributed by atoms with Crippen LogP contribution in [0.2, 0.25) is 0 Å². The Morgan fingerprint density at radius 2 is 2.18 bits per heavy atom. The molecule has 0 amide bonds. The van der Waals surface area contributed by atoms with Gasteiger partial charge in [-0.05, 0) is 31.6 Å². The molecule has 1 aliphatic carbocycles. The molecule has 1 aliphatic rings. The van der Waals surface area contributed by atoms with Crippen molar-refractivity contribution in [1.82, 2.24) is 0 Å². The van der Waals surface area contributed by atoms with Crippen LogP contribution in [-0.4, -0.2) is 32.2 Å². The van der Waals surface area contributed by atoms with Gasteiger partial charge >= 0.3 is 0 Å². The lowest BCUT2D eigenvalue weighted by Gasteiger charge is -2.39. The molecule has 0 heterocycles. The van der Waals surface area contributed by atoms with E-state index in [0.29, 0.717) is 12.5 Å². The molecular formula is C14H26O3. The summed E-state index contributed by atoms with van der Waals surface area (Å²) < 4.78 is 10.7. The number of carbonyl (C=O) groups excluding carboxylic acids is 1. The molecular weight excluding hydrogens is 216 g/mol. The van der Waals surface area contributed by atoms with Gasteiger partial charge in [0.2, 0.25) is 0 Å². The SMILES string of the molecule is COCCC(C)C(=O)C1(OC)CCCC(C)C1. The molecule has 0 spiro atoms. The summed E-state index contributed by atoms with van der Waals surface area (Å²) in [5.41, 5.74) is -0.523. The number of carbonyl (C=O) groups is 1. The van der Waals surface area contributed by atoms with Gasteiger partial charge in [-0.1, -0.05) is 20.3 Å². The van der Waals surface area contributed by atoms with Gasteiger partial charge in [-0.3, -0.25) is 4.79 Å². The Labute approximate surface area is 105 Å². The second-order valence-electron chi connectivity index (χ2n) is 5.45. The summed E-state index contributed by atoms with van der Waals surface area (Å²) in [5, 5.41) is 0. The molecule has 0 aromatic heterocycles. The van der Waals surface area contributed by atoms with E-state index >= 15 is 0 Å². The van der Waals surface area contributed by atoms with E-state index in [2.05, 4.69) is 6.92 Å². The normalized spacial score (nSPS) is 31.2. The van der Waals surface area contributed by atoms with Crippen LogP contribution in [0.15, 0.2) is 0 Å². The molecule has 0 radical (unpaired) electrons. The fourth-order valence-corrected chi connectivity index (χ4v) is 2.89. The van der Waals surface area contributed by atoms with Crippen molar-refractivity contribution in [3.8, 4) is 0 Å². The highest BCUT2D eigenvalue weighted by Crippen LogP contribution is 2.37. The van der Waals surface area contributed by atoms with E-state index < -0.39 is 5.60 Å². The second kappa shape index (κ2) is 6.50. The van der Waals surface area contributed by atoms with Crippen LogP contribution in [0.3, 0.4) is 0 Å². The Bertz CT molecular complexity index is 252. The highest BCUT2D eigenvalue weighted by atomic mass is 16.5. The van der Waals surface area contributed by atoms with Gasteiger partial charge in [0.05, 0.1) is 0 Å². The van der Waals surface area contributed by atoms with E-state index in [9.17, 15) is 4.79 Å². The minimum atomic E-state index is -0.523. The molecule has 3 atom stereocenters. The summed E-state index contributed by atoms with van der Waals surface area (Å²) in [6, 6.07) is 0. The van der Waals surface area contributed by atoms with Gasteiger partial charge in [0.1, 0.15) is 5.60 Å². The fourth-order valence-electron chi connectivity index (χ4n) is 2.89. The highest BCUT2D eigenvalue weighted by Gasteiger charge is 2.43. The third-order valence-corrected chi connectivity index (χ3v) is 4.00. The number of Topliss-reactive ketones (excluding diaryl/α,β-unsaturated/α-hetero) is 1. The first-order valence-corrected chi connectivity index (χ1v) is 6.64. The van der Waals surface area contributed by atoms with Crippen molar-refractivity contribution < 1.29 is 14.3 Å². The van der Waals surface area contributed by atoms with Crippen molar-refractivity contribution in [1.29, 1.82) is 0 Å².